The van der Waals surface area contributed by atoms with Gasteiger partial charge in [-0.25, -0.2) is 22.4 Å². The van der Waals surface area contributed by atoms with Crippen molar-refractivity contribution in [3.63, 3.8) is 0 Å². The van der Waals surface area contributed by atoms with Gasteiger partial charge in [-0.05, 0) is 53.8 Å². The number of pyridine rings is 1. The number of phosphoric ester groups is 1. The van der Waals surface area contributed by atoms with Crippen LogP contribution in [0.4, 0.5) is 14.6 Å². The molecular weight excluding hydrogens is 479 g/mol. The van der Waals surface area contributed by atoms with Crippen molar-refractivity contribution in [2.24, 2.45) is 0 Å². The lowest BCUT2D eigenvalue weighted by Crippen LogP contribution is -2.38. The monoisotopic (exact) mass is 502 g/mol. The summed E-state index contributed by atoms with van der Waals surface area (Å²) in [5.74, 6) is -0.555. The van der Waals surface area contributed by atoms with Gasteiger partial charge >= 0.3 is 7.82 Å². The van der Waals surface area contributed by atoms with Gasteiger partial charge in [0.2, 0.25) is 6.73 Å². The second-order valence-corrected chi connectivity index (χ2v) is 9.22. The highest BCUT2D eigenvalue weighted by Gasteiger charge is 2.20. The predicted octanol–water partition coefficient (Wildman–Crippen LogP) is 3.93. The molecule has 182 valence electrons. The zero-order valence-corrected chi connectivity index (χ0v) is 19.4. The number of halogens is 2. The largest absolute Gasteiger partial charge is 0.472 e. The number of benzene rings is 2. The highest BCUT2D eigenvalue weighted by atomic mass is 31.2. The van der Waals surface area contributed by atoms with Crippen molar-refractivity contribution in [1.82, 2.24) is 5.16 Å². The summed E-state index contributed by atoms with van der Waals surface area (Å²) in [4.78, 5) is 17.8. The van der Waals surface area contributed by atoms with Gasteiger partial charge in [-0.1, -0.05) is 29.4 Å². The Morgan fingerprint density at radius 2 is 1.63 bits per heavy atom. The van der Waals surface area contributed by atoms with E-state index in [-0.39, 0.29) is 5.82 Å². The van der Waals surface area contributed by atoms with Crippen molar-refractivity contribution in [3.8, 4) is 11.3 Å². The van der Waals surface area contributed by atoms with Crippen LogP contribution in [0.25, 0.3) is 11.3 Å². The highest BCUT2D eigenvalue weighted by molar-refractivity contribution is 7.46. The Hall–Kier alpha value is -3.43. The van der Waals surface area contributed by atoms with E-state index in [1.165, 1.54) is 22.9 Å². The van der Waals surface area contributed by atoms with E-state index in [0.29, 0.717) is 41.8 Å². The van der Waals surface area contributed by atoms with Gasteiger partial charge in [0.1, 0.15) is 17.2 Å². The predicted molar refractivity (Wildman–Crippen MR) is 123 cm³/mol. The van der Waals surface area contributed by atoms with Crippen molar-refractivity contribution in [2.75, 3.05) is 5.73 Å². The van der Waals surface area contributed by atoms with Gasteiger partial charge < -0.3 is 14.3 Å². The molecule has 0 unspecified atom stereocenters. The smallest absolute Gasteiger partial charge is 0.356 e. The van der Waals surface area contributed by atoms with E-state index in [4.69, 9.17) is 20.0 Å². The van der Waals surface area contributed by atoms with Gasteiger partial charge in [-0.3, -0.25) is 5.73 Å². The summed E-state index contributed by atoms with van der Waals surface area (Å²) in [6.07, 6.45) is 3.21. The van der Waals surface area contributed by atoms with Crippen molar-refractivity contribution in [2.45, 2.75) is 26.0 Å². The van der Waals surface area contributed by atoms with Crippen LogP contribution < -0.4 is 10.3 Å². The summed E-state index contributed by atoms with van der Waals surface area (Å²) in [6, 6.07) is 16.5. The number of nitrogens with two attached hydrogens (primary N) is 1. The molecule has 2 aromatic carbocycles. The van der Waals surface area contributed by atoms with Crippen LogP contribution in [-0.4, -0.2) is 14.9 Å². The fourth-order valence-corrected chi connectivity index (χ4v) is 3.90. The maximum atomic E-state index is 13.3. The van der Waals surface area contributed by atoms with Crippen LogP contribution in [0.3, 0.4) is 0 Å². The second kappa shape index (κ2) is 10.5. The minimum atomic E-state index is -4.64. The number of aryl methyl sites for hydroxylation is 2. The van der Waals surface area contributed by atoms with E-state index >= 15 is 0 Å². The summed E-state index contributed by atoms with van der Waals surface area (Å²) >= 11 is 0. The quantitative estimate of drug-likeness (QED) is 0.234. The van der Waals surface area contributed by atoms with Crippen LogP contribution in [0.15, 0.2) is 71.4 Å². The van der Waals surface area contributed by atoms with Gasteiger partial charge in [0.25, 0.3) is 5.82 Å². The zero-order chi connectivity index (χ0) is 25.0. The maximum absolute atomic E-state index is 13.3. The number of hydrogen-bond donors (Lipinski definition) is 3. The van der Waals surface area contributed by atoms with E-state index in [1.54, 1.807) is 18.2 Å². The molecule has 0 saturated heterocycles. The first-order valence-corrected chi connectivity index (χ1v) is 12.2. The van der Waals surface area contributed by atoms with Crippen LogP contribution in [0.1, 0.15) is 22.4 Å². The van der Waals surface area contributed by atoms with E-state index in [9.17, 15) is 13.3 Å². The molecule has 0 atom stereocenters. The molecule has 8 nitrogen and oxygen atoms in total. The molecule has 0 aliphatic rings. The van der Waals surface area contributed by atoms with E-state index in [2.05, 4.69) is 9.68 Å². The molecule has 0 radical (unpaired) electrons. The number of anilines is 1. The molecular formula is C24H23F2N3O5P+. The fraction of sp³-hybridized carbons (Fsp3) is 0.167. The molecule has 0 bridgehead atoms. The van der Waals surface area contributed by atoms with Crippen LogP contribution in [0.2, 0.25) is 0 Å². The van der Waals surface area contributed by atoms with Crippen molar-refractivity contribution >= 4 is 13.6 Å². The van der Waals surface area contributed by atoms with Crippen LogP contribution in [-0.2, 0) is 35.1 Å². The lowest BCUT2D eigenvalue weighted by Gasteiger charge is -2.07. The zero-order valence-electron chi connectivity index (χ0n) is 18.5. The van der Waals surface area contributed by atoms with Gasteiger partial charge in [0, 0.05) is 18.6 Å². The minimum absolute atomic E-state index is 0.200. The summed E-state index contributed by atoms with van der Waals surface area (Å²) < 4.78 is 48.9. The first-order chi connectivity index (χ1) is 16.7. The van der Waals surface area contributed by atoms with Crippen LogP contribution in [0, 0.1) is 11.6 Å². The Kier molecular flexibility index (Phi) is 7.37. The van der Waals surface area contributed by atoms with Crippen molar-refractivity contribution in [1.29, 1.82) is 0 Å². The molecule has 0 amide bonds. The SMILES string of the molecule is Nc1c(-c2cc(Cc3ccc(CCc4cc(F)cc(F)c4)cc3)no2)ccc[n+]1COP(=O)(O)O. The normalized spacial score (nSPS) is 11.7. The number of hydrogen-bond acceptors (Lipinski definition) is 5. The number of aromatic nitrogens is 2. The Morgan fingerprint density at radius 3 is 2.31 bits per heavy atom. The van der Waals surface area contributed by atoms with Crippen molar-refractivity contribution < 1.29 is 36.7 Å². The molecule has 0 spiro atoms. The maximum Gasteiger partial charge on any atom is 0.472 e. The molecule has 0 aliphatic heterocycles. The third-order valence-corrected chi connectivity index (χ3v) is 5.79. The number of nitrogen functional groups attached to an aromatic ring is 1. The summed E-state index contributed by atoms with van der Waals surface area (Å²) in [5.41, 5.74) is 9.93. The lowest BCUT2D eigenvalue weighted by atomic mass is 10.0. The molecule has 4 N–H and O–H groups in total. The average molecular weight is 502 g/mol. The van der Waals surface area contributed by atoms with E-state index < -0.39 is 26.2 Å². The third-order valence-electron chi connectivity index (χ3n) is 5.34. The Labute approximate surface area is 199 Å². The summed E-state index contributed by atoms with van der Waals surface area (Å²) in [5, 5.41) is 4.09. The topological polar surface area (TPSA) is 123 Å². The van der Waals surface area contributed by atoms with Gasteiger partial charge in [-0.15, -0.1) is 0 Å². The molecule has 2 aromatic heterocycles. The average Bonchev–Trinajstić information content (AvgIpc) is 3.25. The standard InChI is InChI=1S/C24H22F2N3O5P/c25-19-10-18(11-20(26)13-19)8-5-16-3-6-17(7-4-16)12-21-14-23(34-28-21)22-2-1-9-29(24(22)27)15-33-35(30,31)32/h1-4,6-7,9-11,13-14,27H,5,8,12,15H2,(H2,30,31,32)/p+1. The number of rotatable bonds is 9. The number of phosphoric acid groups is 1. The Morgan fingerprint density at radius 1 is 0.971 bits per heavy atom. The lowest BCUT2D eigenvalue weighted by molar-refractivity contribution is -0.711. The molecule has 11 heteroatoms. The molecule has 0 aliphatic carbocycles. The molecule has 4 rings (SSSR count). The highest BCUT2D eigenvalue weighted by Crippen LogP contribution is 2.35. The molecule has 2 heterocycles. The van der Waals surface area contributed by atoms with Crippen molar-refractivity contribution in [3.05, 3.63) is 101 Å². The van der Waals surface area contributed by atoms with Gasteiger partial charge in [0.15, 0.2) is 5.76 Å². The van der Waals surface area contributed by atoms with Crippen LogP contribution in [0.5, 0.6) is 0 Å². The first kappa shape index (κ1) is 24.7. The first-order valence-electron chi connectivity index (χ1n) is 10.6. The van der Waals surface area contributed by atoms with Gasteiger partial charge in [0.05, 0.1) is 11.9 Å². The van der Waals surface area contributed by atoms with Gasteiger partial charge in [-0.2, -0.15) is 0 Å². The molecule has 4 aromatic rings. The fourth-order valence-electron chi connectivity index (χ4n) is 3.62. The third kappa shape index (κ3) is 6.80. The summed E-state index contributed by atoms with van der Waals surface area (Å²) in [7, 11) is -4.64. The Balaban J connectivity index is 1.40. The number of nitrogens with zero attached hydrogens (tertiary/aromatic N) is 2. The molecule has 0 fully saturated rings. The Bertz CT molecular complexity index is 1350. The van der Waals surface area contributed by atoms with Crippen LogP contribution >= 0.6 is 7.82 Å². The van der Waals surface area contributed by atoms with E-state index in [0.717, 1.165) is 17.2 Å². The van der Waals surface area contributed by atoms with E-state index in [1.807, 2.05) is 24.3 Å². The summed E-state index contributed by atoms with van der Waals surface area (Å²) in [6.45, 7) is -0.425. The molecule has 35 heavy (non-hydrogen) atoms. The minimum Gasteiger partial charge on any atom is -0.356 e. The second-order valence-electron chi connectivity index (χ2n) is 7.98. The molecule has 0 saturated carbocycles.